The topological polar surface area (TPSA) is 67.4 Å². The lowest BCUT2D eigenvalue weighted by Crippen LogP contribution is -2.22. The number of nitrogens with one attached hydrogen (secondary N) is 2. The van der Waals surface area contributed by atoms with Crippen molar-refractivity contribution in [3.8, 4) is 0 Å². The van der Waals surface area contributed by atoms with Gasteiger partial charge in [0.1, 0.15) is 0 Å². The molecule has 0 fully saturated rings. The van der Waals surface area contributed by atoms with Crippen LogP contribution in [0, 0.1) is 0 Å². The maximum atomic E-state index is 10.9. The standard InChI is InChI=1S/C9H18N2O3/c1-8(12)10-7-5-3-4-6-9(13)11-14-2/h3-7H2,1-2H3,(H,10,12)(H,11,13). The molecule has 0 heterocycles. The molecule has 0 unspecified atom stereocenters. The van der Waals surface area contributed by atoms with Gasteiger partial charge in [-0.3, -0.25) is 14.4 Å². The van der Waals surface area contributed by atoms with Crippen LogP contribution in [-0.4, -0.2) is 25.5 Å². The van der Waals surface area contributed by atoms with E-state index in [1.54, 1.807) is 0 Å². The van der Waals surface area contributed by atoms with Crippen LogP contribution >= 0.6 is 0 Å². The quantitative estimate of drug-likeness (QED) is 0.462. The Balaban J connectivity index is 3.13. The van der Waals surface area contributed by atoms with Crippen LogP contribution in [0.25, 0.3) is 0 Å². The molecular formula is C9H18N2O3. The van der Waals surface area contributed by atoms with E-state index in [1.807, 2.05) is 0 Å². The SMILES string of the molecule is CONC(=O)CCCCCNC(C)=O. The second kappa shape index (κ2) is 8.50. The van der Waals surface area contributed by atoms with Gasteiger partial charge in [0, 0.05) is 19.9 Å². The highest BCUT2D eigenvalue weighted by molar-refractivity contribution is 5.74. The number of amides is 2. The summed E-state index contributed by atoms with van der Waals surface area (Å²) in [6.45, 7) is 2.17. The van der Waals surface area contributed by atoms with Gasteiger partial charge in [-0.15, -0.1) is 0 Å². The summed E-state index contributed by atoms with van der Waals surface area (Å²) in [6.07, 6.45) is 3.11. The van der Waals surface area contributed by atoms with Crippen LogP contribution in [0.2, 0.25) is 0 Å². The molecule has 0 aliphatic rings. The predicted molar refractivity (Wildman–Crippen MR) is 52.3 cm³/mol. The Labute approximate surface area is 84.1 Å². The molecule has 0 rings (SSSR count). The van der Waals surface area contributed by atoms with Crippen LogP contribution in [0.4, 0.5) is 0 Å². The summed E-state index contributed by atoms with van der Waals surface area (Å²) in [7, 11) is 1.41. The minimum atomic E-state index is -0.105. The Kier molecular flexibility index (Phi) is 7.83. The molecule has 5 heteroatoms. The van der Waals surface area contributed by atoms with E-state index in [0.717, 1.165) is 19.3 Å². The fraction of sp³-hybridized carbons (Fsp3) is 0.778. The zero-order chi connectivity index (χ0) is 10.8. The van der Waals surface area contributed by atoms with E-state index >= 15 is 0 Å². The number of carbonyl (C=O) groups excluding carboxylic acids is 2. The van der Waals surface area contributed by atoms with Gasteiger partial charge in [0.25, 0.3) is 0 Å². The minimum absolute atomic E-state index is 0.0119. The molecule has 2 amide bonds. The van der Waals surface area contributed by atoms with Gasteiger partial charge < -0.3 is 5.32 Å². The Bertz CT molecular complexity index is 183. The van der Waals surface area contributed by atoms with Crippen LogP contribution < -0.4 is 10.8 Å². The molecule has 82 valence electrons. The predicted octanol–water partition coefficient (Wildman–Crippen LogP) is 0.360. The summed E-state index contributed by atoms with van der Waals surface area (Å²) in [5, 5.41) is 2.69. The van der Waals surface area contributed by atoms with Crippen molar-refractivity contribution in [1.82, 2.24) is 10.8 Å². The van der Waals surface area contributed by atoms with Crippen LogP contribution in [-0.2, 0) is 14.4 Å². The average Bonchev–Trinajstić information content (AvgIpc) is 2.11. The highest BCUT2D eigenvalue weighted by Gasteiger charge is 1.99. The first kappa shape index (κ1) is 12.9. The molecule has 0 aliphatic carbocycles. The van der Waals surface area contributed by atoms with Crippen molar-refractivity contribution < 1.29 is 14.4 Å². The van der Waals surface area contributed by atoms with Crippen molar-refractivity contribution in [3.05, 3.63) is 0 Å². The second-order valence-corrected chi connectivity index (χ2v) is 3.02. The summed E-state index contributed by atoms with van der Waals surface area (Å²) < 4.78 is 0. The van der Waals surface area contributed by atoms with Crippen LogP contribution in [0.5, 0.6) is 0 Å². The third-order valence-corrected chi connectivity index (χ3v) is 1.67. The Morgan fingerprint density at radius 3 is 2.50 bits per heavy atom. The lowest BCUT2D eigenvalue weighted by molar-refractivity contribution is -0.131. The van der Waals surface area contributed by atoms with Gasteiger partial charge in [-0.2, -0.15) is 0 Å². The summed E-state index contributed by atoms with van der Waals surface area (Å²) >= 11 is 0. The van der Waals surface area contributed by atoms with Gasteiger partial charge in [0.05, 0.1) is 7.11 Å². The number of carbonyl (C=O) groups is 2. The lowest BCUT2D eigenvalue weighted by Gasteiger charge is -2.02. The first-order valence-electron chi connectivity index (χ1n) is 4.73. The average molecular weight is 202 g/mol. The van der Waals surface area contributed by atoms with Crippen molar-refractivity contribution in [2.75, 3.05) is 13.7 Å². The molecule has 0 bridgehead atoms. The smallest absolute Gasteiger partial charge is 0.243 e. The third kappa shape index (κ3) is 8.99. The van der Waals surface area contributed by atoms with Crippen LogP contribution in [0.1, 0.15) is 32.6 Å². The molecule has 0 spiro atoms. The molecular weight excluding hydrogens is 184 g/mol. The van der Waals surface area contributed by atoms with Crippen LogP contribution in [0.15, 0.2) is 0 Å². The Morgan fingerprint density at radius 2 is 1.93 bits per heavy atom. The highest BCUT2D eigenvalue weighted by atomic mass is 16.6. The molecule has 0 aliphatic heterocycles. The third-order valence-electron chi connectivity index (χ3n) is 1.67. The summed E-state index contributed by atoms with van der Waals surface area (Å²) in [4.78, 5) is 25.8. The molecule has 5 nitrogen and oxygen atoms in total. The molecule has 2 N–H and O–H groups in total. The van der Waals surface area contributed by atoms with Crippen molar-refractivity contribution in [2.45, 2.75) is 32.6 Å². The first-order valence-corrected chi connectivity index (χ1v) is 4.73. The number of unbranched alkanes of at least 4 members (excludes halogenated alkanes) is 2. The fourth-order valence-electron chi connectivity index (χ4n) is 1.02. The van der Waals surface area contributed by atoms with E-state index in [0.29, 0.717) is 13.0 Å². The maximum Gasteiger partial charge on any atom is 0.243 e. The van der Waals surface area contributed by atoms with Crippen molar-refractivity contribution >= 4 is 11.8 Å². The molecule has 14 heavy (non-hydrogen) atoms. The molecule has 0 aromatic carbocycles. The Morgan fingerprint density at radius 1 is 1.21 bits per heavy atom. The van der Waals surface area contributed by atoms with E-state index < -0.39 is 0 Å². The Hall–Kier alpha value is -1.10. The van der Waals surface area contributed by atoms with E-state index in [2.05, 4.69) is 15.6 Å². The molecule has 0 atom stereocenters. The number of hydrogen-bond donors (Lipinski definition) is 2. The van der Waals surface area contributed by atoms with Crippen molar-refractivity contribution in [2.24, 2.45) is 0 Å². The zero-order valence-corrected chi connectivity index (χ0v) is 8.76. The largest absolute Gasteiger partial charge is 0.356 e. The van der Waals surface area contributed by atoms with Gasteiger partial charge in [0.2, 0.25) is 11.8 Å². The van der Waals surface area contributed by atoms with Crippen molar-refractivity contribution in [1.29, 1.82) is 0 Å². The zero-order valence-electron chi connectivity index (χ0n) is 8.76. The van der Waals surface area contributed by atoms with E-state index in [-0.39, 0.29) is 11.8 Å². The monoisotopic (exact) mass is 202 g/mol. The lowest BCUT2D eigenvalue weighted by atomic mass is 10.2. The van der Waals surface area contributed by atoms with Gasteiger partial charge in [0.15, 0.2) is 0 Å². The van der Waals surface area contributed by atoms with Crippen molar-refractivity contribution in [3.63, 3.8) is 0 Å². The first-order chi connectivity index (χ1) is 6.66. The maximum absolute atomic E-state index is 10.9. The minimum Gasteiger partial charge on any atom is -0.356 e. The molecule has 0 saturated carbocycles. The number of hydrogen-bond acceptors (Lipinski definition) is 3. The van der Waals surface area contributed by atoms with Gasteiger partial charge in [-0.05, 0) is 12.8 Å². The molecule has 0 radical (unpaired) electrons. The molecule has 0 aromatic rings. The van der Waals surface area contributed by atoms with Gasteiger partial charge in [-0.1, -0.05) is 6.42 Å². The molecule has 0 saturated heterocycles. The molecule has 0 aromatic heterocycles. The summed E-state index contributed by atoms with van der Waals surface area (Å²) in [5.41, 5.74) is 2.25. The summed E-state index contributed by atoms with van der Waals surface area (Å²) in [5.74, 6) is -0.117. The highest BCUT2D eigenvalue weighted by Crippen LogP contribution is 1.98. The normalized spacial score (nSPS) is 9.57. The van der Waals surface area contributed by atoms with Crippen LogP contribution in [0.3, 0.4) is 0 Å². The van der Waals surface area contributed by atoms with E-state index in [4.69, 9.17) is 0 Å². The van der Waals surface area contributed by atoms with E-state index in [9.17, 15) is 9.59 Å². The summed E-state index contributed by atoms with van der Waals surface area (Å²) in [6, 6.07) is 0. The number of hydroxylamine groups is 1. The number of rotatable bonds is 7. The van der Waals surface area contributed by atoms with Gasteiger partial charge in [-0.25, -0.2) is 5.48 Å². The van der Waals surface area contributed by atoms with E-state index in [1.165, 1.54) is 14.0 Å². The fourth-order valence-corrected chi connectivity index (χ4v) is 1.02. The second-order valence-electron chi connectivity index (χ2n) is 3.02. The van der Waals surface area contributed by atoms with Gasteiger partial charge >= 0.3 is 0 Å².